The van der Waals surface area contributed by atoms with Crippen LogP contribution >= 0.6 is 0 Å². The average molecular weight is 394 g/mol. The fourth-order valence-corrected chi connectivity index (χ4v) is 3.85. The van der Waals surface area contributed by atoms with Crippen LogP contribution in [0.25, 0.3) is 0 Å². The Hall–Kier alpha value is -2.50. The number of oxime groups is 1. The molecule has 2 aromatic carbocycles. The van der Waals surface area contributed by atoms with Crippen molar-refractivity contribution in [2.24, 2.45) is 10.9 Å². The first-order valence-corrected chi connectivity index (χ1v) is 10.6. The Bertz CT molecular complexity index is 777. The first kappa shape index (κ1) is 21.2. The van der Waals surface area contributed by atoms with Gasteiger partial charge in [0.05, 0.1) is 11.8 Å². The number of nitrogens with zero attached hydrogens (tertiary/aromatic N) is 2. The maximum atomic E-state index is 13.0. The molecule has 0 amide bonds. The van der Waals surface area contributed by atoms with Crippen LogP contribution in [-0.4, -0.2) is 48.7 Å². The third-order valence-corrected chi connectivity index (χ3v) is 5.32. The third kappa shape index (κ3) is 6.24. The van der Waals surface area contributed by atoms with E-state index in [9.17, 15) is 4.79 Å². The molecule has 154 valence electrons. The van der Waals surface area contributed by atoms with E-state index in [1.54, 1.807) is 0 Å². The summed E-state index contributed by atoms with van der Waals surface area (Å²) in [7, 11) is 0. The summed E-state index contributed by atoms with van der Waals surface area (Å²) in [6, 6.07) is 19.8. The number of carbonyl (C=O) groups is 1. The smallest absolute Gasteiger partial charge is 0.179 e. The second-order valence-electron chi connectivity index (χ2n) is 7.41. The van der Waals surface area contributed by atoms with Gasteiger partial charge in [0.15, 0.2) is 5.78 Å². The Kier molecular flexibility index (Phi) is 8.40. The molecule has 0 radical (unpaired) electrons. The molecule has 1 saturated heterocycles. The van der Waals surface area contributed by atoms with Gasteiger partial charge in [-0.25, -0.2) is 0 Å². The number of hydrogen-bond acceptors (Lipinski definition) is 5. The number of piperidine rings is 1. The van der Waals surface area contributed by atoms with Crippen LogP contribution in [0.3, 0.4) is 0 Å². The normalized spacial score (nSPS) is 17.8. The molecule has 0 saturated carbocycles. The van der Waals surface area contributed by atoms with Crippen molar-refractivity contribution in [1.29, 1.82) is 0 Å². The maximum absolute atomic E-state index is 13.0. The van der Waals surface area contributed by atoms with Gasteiger partial charge in [-0.05, 0) is 44.3 Å². The molecule has 5 heteroatoms. The SMILES string of the molecule is NCCO/N=C(/CCCN1CCCCC1C(=O)c1ccccc1)c1ccccc1. The molecule has 1 atom stereocenters. The average Bonchev–Trinajstić information content (AvgIpc) is 2.79. The van der Waals surface area contributed by atoms with E-state index in [0.29, 0.717) is 13.2 Å². The number of hydrogen-bond donors (Lipinski definition) is 1. The van der Waals surface area contributed by atoms with Crippen LogP contribution in [0.1, 0.15) is 48.0 Å². The topological polar surface area (TPSA) is 67.9 Å². The lowest BCUT2D eigenvalue weighted by Crippen LogP contribution is -2.45. The van der Waals surface area contributed by atoms with Crippen molar-refractivity contribution in [2.45, 2.75) is 38.1 Å². The quantitative estimate of drug-likeness (QED) is 0.288. The Morgan fingerprint density at radius 3 is 2.41 bits per heavy atom. The summed E-state index contributed by atoms with van der Waals surface area (Å²) in [4.78, 5) is 20.7. The van der Waals surface area contributed by atoms with Gasteiger partial charge in [-0.15, -0.1) is 0 Å². The third-order valence-electron chi connectivity index (χ3n) is 5.32. The first-order valence-electron chi connectivity index (χ1n) is 10.6. The van der Waals surface area contributed by atoms with E-state index in [1.165, 1.54) is 0 Å². The predicted octanol–water partition coefficient (Wildman–Crippen LogP) is 3.88. The minimum Gasteiger partial charge on any atom is -0.394 e. The van der Waals surface area contributed by atoms with Crippen LogP contribution in [0.15, 0.2) is 65.8 Å². The van der Waals surface area contributed by atoms with Gasteiger partial charge in [-0.3, -0.25) is 9.69 Å². The van der Waals surface area contributed by atoms with Gasteiger partial charge in [0, 0.05) is 12.1 Å². The van der Waals surface area contributed by atoms with Crippen LogP contribution in [-0.2, 0) is 4.84 Å². The molecule has 0 aliphatic carbocycles. The summed E-state index contributed by atoms with van der Waals surface area (Å²) in [6.45, 7) is 2.72. The standard InChI is InChI=1S/C24H31N3O2/c25-16-19-29-26-22(20-10-3-1-4-11-20)14-9-18-27-17-8-7-15-23(27)24(28)21-12-5-2-6-13-21/h1-6,10-13,23H,7-9,14-19,25H2/b26-22-. The van der Waals surface area contributed by atoms with Crippen molar-refractivity contribution >= 4 is 11.5 Å². The van der Waals surface area contributed by atoms with E-state index in [2.05, 4.69) is 10.1 Å². The van der Waals surface area contributed by atoms with Crippen molar-refractivity contribution in [1.82, 2.24) is 4.90 Å². The van der Waals surface area contributed by atoms with Crippen LogP contribution in [0.4, 0.5) is 0 Å². The van der Waals surface area contributed by atoms with Crippen molar-refractivity contribution in [3.05, 3.63) is 71.8 Å². The molecule has 0 aromatic heterocycles. The van der Waals surface area contributed by atoms with Gasteiger partial charge in [0.25, 0.3) is 0 Å². The molecule has 1 heterocycles. The second-order valence-corrected chi connectivity index (χ2v) is 7.41. The van der Waals surface area contributed by atoms with Gasteiger partial charge in [-0.2, -0.15) is 0 Å². The molecular weight excluding hydrogens is 362 g/mol. The maximum Gasteiger partial charge on any atom is 0.179 e. The minimum absolute atomic E-state index is 0.0169. The van der Waals surface area contributed by atoms with Gasteiger partial charge < -0.3 is 10.6 Å². The molecule has 2 N–H and O–H groups in total. The van der Waals surface area contributed by atoms with Crippen LogP contribution < -0.4 is 5.73 Å². The van der Waals surface area contributed by atoms with Crippen molar-refractivity contribution < 1.29 is 9.63 Å². The number of benzene rings is 2. The summed E-state index contributed by atoms with van der Waals surface area (Å²) in [5, 5.41) is 4.32. The van der Waals surface area contributed by atoms with Crippen LogP contribution in [0.5, 0.6) is 0 Å². The van der Waals surface area contributed by atoms with Gasteiger partial charge in [0.2, 0.25) is 0 Å². The molecule has 1 aliphatic rings. The van der Waals surface area contributed by atoms with Crippen molar-refractivity contribution in [3.8, 4) is 0 Å². The number of rotatable bonds is 10. The van der Waals surface area contributed by atoms with Crippen LogP contribution in [0.2, 0.25) is 0 Å². The van der Waals surface area contributed by atoms with E-state index >= 15 is 0 Å². The Balaban J connectivity index is 1.61. The highest BCUT2D eigenvalue weighted by atomic mass is 16.6. The largest absolute Gasteiger partial charge is 0.394 e. The van der Waals surface area contributed by atoms with Gasteiger partial charge >= 0.3 is 0 Å². The second kappa shape index (κ2) is 11.5. The van der Waals surface area contributed by atoms with E-state index in [0.717, 1.165) is 62.0 Å². The highest BCUT2D eigenvalue weighted by molar-refractivity contribution is 6.00. The van der Waals surface area contributed by atoms with E-state index in [4.69, 9.17) is 10.6 Å². The zero-order chi connectivity index (χ0) is 20.3. The molecule has 1 unspecified atom stereocenters. The number of likely N-dealkylation sites (tertiary alicyclic amines) is 1. The lowest BCUT2D eigenvalue weighted by Gasteiger charge is -2.34. The van der Waals surface area contributed by atoms with Gasteiger partial charge in [-0.1, -0.05) is 72.2 Å². The number of ketones is 1. The highest BCUT2D eigenvalue weighted by Crippen LogP contribution is 2.21. The lowest BCUT2D eigenvalue weighted by atomic mass is 9.94. The fourth-order valence-electron chi connectivity index (χ4n) is 3.85. The summed E-state index contributed by atoms with van der Waals surface area (Å²) >= 11 is 0. The first-order chi connectivity index (χ1) is 14.3. The van der Waals surface area contributed by atoms with Crippen LogP contribution in [0, 0.1) is 0 Å². The molecule has 1 aliphatic heterocycles. The highest BCUT2D eigenvalue weighted by Gasteiger charge is 2.28. The summed E-state index contributed by atoms with van der Waals surface area (Å²) in [5.74, 6) is 0.244. The predicted molar refractivity (Wildman–Crippen MR) is 117 cm³/mol. The Morgan fingerprint density at radius 2 is 1.72 bits per heavy atom. The van der Waals surface area contributed by atoms with Crippen molar-refractivity contribution in [2.75, 3.05) is 26.2 Å². The molecule has 0 spiro atoms. The zero-order valence-corrected chi connectivity index (χ0v) is 17.0. The van der Waals surface area contributed by atoms with Gasteiger partial charge in [0.1, 0.15) is 6.61 Å². The van der Waals surface area contributed by atoms with E-state index in [-0.39, 0.29) is 11.8 Å². The molecule has 2 aromatic rings. The fraction of sp³-hybridized carbons (Fsp3) is 0.417. The Morgan fingerprint density at radius 1 is 1.03 bits per heavy atom. The lowest BCUT2D eigenvalue weighted by molar-refractivity contribution is 0.0745. The number of carbonyl (C=O) groups excluding carboxylic acids is 1. The molecule has 0 bridgehead atoms. The summed E-state index contributed by atoms with van der Waals surface area (Å²) in [5.41, 5.74) is 8.32. The summed E-state index contributed by atoms with van der Waals surface area (Å²) in [6.07, 6.45) is 4.93. The molecule has 3 rings (SSSR count). The van der Waals surface area contributed by atoms with E-state index in [1.807, 2.05) is 60.7 Å². The zero-order valence-electron chi connectivity index (χ0n) is 17.0. The molecular formula is C24H31N3O2. The molecule has 5 nitrogen and oxygen atoms in total. The molecule has 29 heavy (non-hydrogen) atoms. The molecule has 1 fully saturated rings. The van der Waals surface area contributed by atoms with E-state index < -0.39 is 0 Å². The Labute approximate surface area is 173 Å². The van der Waals surface area contributed by atoms with Crippen molar-refractivity contribution in [3.63, 3.8) is 0 Å². The summed E-state index contributed by atoms with van der Waals surface area (Å²) < 4.78 is 0. The minimum atomic E-state index is -0.0169. The monoisotopic (exact) mass is 393 g/mol. The number of nitrogens with two attached hydrogens (primary N) is 1. The number of Topliss-reactive ketones (excluding diaryl/α,β-unsaturated/α-hetero) is 1.